The summed E-state index contributed by atoms with van der Waals surface area (Å²) in [6, 6.07) is 10.6. The van der Waals surface area contributed by atoms with Gasteiger partial charge in [0.2, 0.25) is 5.91 Å². The molecule has 0 aromatic heterocycles. The van der Waals surface area contributed by atoms with E-state index in [0.29, 0.717) is 45.7 Å². The third-order valence-corrected chi connectivity index (χ3v) is 7.61. The Labute approximate surface area is 235 Å². The van der Waals surface area contributed by atoms with Crippen molar-refractivity contribution in [1.29, 1.82) is 0 Å². The highest BCUT2D eigenvalue weighted by atomic mass is 35.5. The molecule has 1 N–H and O–H groups in total. The van der Waals surface area contributed by atoms with Gasteiger partial charge < -0.3 is 15.1 Å². The highest BCUT2D eigenvalue weighted by Gasteiger charge is 2.36. The van der Waals surface area contributed by atoms with E-state index in [4.69, 9.17) is 11.6 Å². The fourth-order valence-electron chi connectivity index (χ4n) is 5.48. The normalized spacial score (nSPS) is 18.6. The zero-order valence-corrected chi connectivity index (χ0v) is 23.1. The van der Waals surface area contributed by atoms with Crippen LogP contribution >= 0.6 is 11.6 Å². The predicted molar refractivity (Wildman–Crippen MR) is 150 cm³/mol. The molecule has 40 heavy (non-hydrogen) atoms. The Bertz CT molecular complexity index is 1460. The maximum absolute atomic E-state index is 14.4. The molecule has 0 bridgehead atoms. The van der Waals surface area contributed by atoms with E-state index < -0.39 is 23.6 Å². The average molecular weight is 573 g/mol. The topological polar surface area (TPSA) is 47.9 Å². The van der Waals surface area contributed by atoms with Crippen molar-refractivity contribution in [2.45, 2.75) is 44.9 Å². The minimum absolute atomic E-state index is 0.0713. The molecule has 2 aliphatic heterocycles. The van der Waals surface area contributed by atoms with Crippen molar-refractivity contribution in [3.63, 3.8) is 0 Å². The monoisotopic (exact) mass is 572 g/mol. The summed E-state index contributed by atoms with van der Waals surface area (Å²) in [7, 11) is 1.74. The van der Waals surface area contributed by atoms with E-state index in [1.807, 2.05) is 13.0 Å². The van der Waals surface area contributed by atoms with E-state index in [9.17, 15) is 22.4 Å². The zero-order valence-electron chi connectivity index (χ0n) is 22.3. The SMILES string of the molecule is Cc1cc(Cl)cc(N2C=Nc3cc(C)c(-c4cc(F)cc(C(F)(F)F)c4)cc3C2C(=O)N(C)C[C@@H]2CCCN2)c1. The van der Waals surface area contributed by atoms with Crippen LogP contribution in [0.5, 0.6) is 0 Å². The highest BCUT2D eigenvalue weighted by Crippen LogP contribution is 2.42. The van der Waals surface area contributed by atoms with Crippen LogP contribution < -0.4 is 10.2 Å². The van der Waals surface area contributed by atoms with Crippen LogP contribution in [0, 0.1) is 19.7 Å². The second-order valence-electron chi connectivity index (χ2n) is 10.5. The molecule has 0 saturated carbocycles. The number of aryl methyl sites for hydroxylation is 2. The molecule has 0 spiro atoms. The van der Waals surface area contributed by atoms with Crippen molar-refractivity contribution in [2.75, 3.05) is 25.0 Å². The van der Waals surface area contributed by atoms with Gasteiger partial charge in [0.25, 0.3) is 0 Å². The van der Waals surface area contributed by atoms with Crippen LogP contribution in [0.3, 0.4) is 0 Å². The predicted octanol–water partition coefficient (Wildman–Crippen LogP) is 7.21. The molecule has 5 nitrogen and oxygen atoms in total. The Balaban J connectivity index is 1.64. The Kier molecular flexibility index (Phi) is 7.63. The van der Waals surface area contributed by atoms with E-state index >= 15 is 0 Å². The second-order valence-corrected chi connectivity index (χ2v) is 10.9. The molecule has 3 aromatic rings. The van der Waals surface area contributed by atoms with Crippen LogP contribution in [0.2, 0.25) is 5.02 Å². The number of carbonyl (C=O) groups is 1. The van der Waals surface area contributed by atoms with Gasteiger partial charge in [-0.3, -0.25) is 4.79 Å². The Morgan fingerprint density at radius 2 is 1.90 bits per heavy atom. The van der Waals surface area contributed by atoms with Gasteiger partial charge in [-0.25, -0.2) is 9.38 Å². The molecule has 2 heterocycles. The molecule has 1 unspecified atom stereocenters. The van der Waals surface area contributed by atoms with Gasteiger partial charge in [-0.2, -0.15) is 13.2 Å². The first-order chi connectivity index (χ1) is 18.9. The Morgan fingerprint density at radius 1 is 1.12 bits per heavy atom. The Hall–Kier alpha value is -3.43. The number of rotatable bonds is 5. The second kappa shape index (κ2) is 10.9. The fraction of sp³-hybridized carbons (Fsp3) is 0.333. The van der Waals surface area contributed by atoms with Gasteiger partial charge in [0.1, 0.15) is 11.9 Å². The van der Waals surface area contributed by atoms with Crippen molar-refractivity contribution in [1.82, 2.24) is 10.2 Å². The summed E-state index contributed by atoms with van der Waals surface area (Å²) in [5.74, 6) is -1.20. The van der Waals surface area contributed by atoms with Crippen molar-refractivity contribution in [2.24, 2.45) is 4.99 Å². The van der Waals surface area contributed by atoms with E-state index in [-0.39, 0.29) is 17.5 Å². The van der Waals surface area contributed by atoms with Crippen LogP contribution in [-0.2, 0) is 11.0 Å². The number of alkyl halides is 3. The minimum Gasteiger partial charge on any atom is -0.342 e. The molecule has 10 heteroatoms. The van der Waals surface area contributed by atoms with Crippen LogP contribution in [-0.4, -0.2) is 43.3 Å². The van der Waals surface area contributed by atoms with Crippen LogP contribution in [0.1, 0.15) is 41.1 Å². The number of nitrogens with zero attached hydrogens (tertiary/aromatic N) is 3. The maximum Gasteiger partial charge on any atom is 0.416 e. The summed E-state index contributed by atoms with van der Waals surface area (Å²) in [5.41, 5.74) is 2.56. The number of carbonyl (C=O) groups excluding carboxylic acids is 1. The third kappa shape index (κ3) is 5.71. The first kappa shape index (κ1) is 28.1. The van der Waals surface area contributed by atoms with Gasteiger partial charge in [0.15, 0.2) is 0 Å². The molecular weight excluding hydrogens is 544 g/mol. The van der Waals surface area contributed by atoms with Crippen molar-refractivity contribution in [3.8, 4) is 11.1 Å². The highest BCUT2D eigenvalue weighted by molar-refractivity contribution is 6.31. The fourth-order valence-corrected chi connectivity index (χ4v) is 5.76. The Morgan fingerprint density at radius 3 is 2.58 bits per heavy atom. The maximum atomic E-state index is 14.4. The van der Waals surface area contributed by atoms with Gasteiger partial charge in [0.05, 0.1) is 17.6 Å². The molecule has 0 radical (unpaired) electrons. The van der Waals surface area contributed by atoms with Gasteiger partial charge >= 0.3 is 6.18 Å². The number of halogens is 5. The summed E-state index contributed by atoms with van der Waals surface area (Å²) < 4.78 is 54.9. The van der Waals surface area contributed by atoms with Gasteiger partial charge in [-0.15, -0.1) is 0 Å². The molecule has 1 amide bonds. The van der Waals surface area contributed by atoms with E-state index in [1.54, 1.807) is 54.4 Å². The van der Waals surface area contributed by atoms with Crippen molar-refractivity contribution >= 4 is 35.2 Å². The number of aliphatic imine (C=N–C) groups is 1. The lowest BCUT2D eigenvalue weighted by Crippen LogP contribution is -2.46. The lowest BCUT2D eigenvalue weighted by Gasteiger charge is -2.36. The molecule has 210 valence electrons. The molecule has 1 saturated heterocycles. The quantitative estimate of drug-likeness (QED) is 0.329. The first-order valence-corrected chi connectivity index (χ1v) is 13.4. The van der Waals surface area contributed by atoms with Crippen LogP contribution in [0.4, 0.5) is 28.9 Å². The van der Waals surface area contributed by atoms with Gasteiger partial charge in [-0.1, -0.05) is 11.6 Å². The van der Waals surface area contributed by atoms with E-state index in [1.165, 1.54) is 0 Å². The van der Waals surface area contributed by atoms with Crippen LogP contribution in [0.15, 0.2) is 53.5 Å². The summed E-state index contributed by atoms with van der Waals surface area (Å²) in [6.07, 6.45) is -1.13. The number of nitrogens with one attached hydrogen (secondary N) is 1. The summed E-state index contributed by atoms with van der Waals surface area (Å²) in [6.45, 7) is 5.02. The molecule has 2 atom stereocenters. The average Bonchev–Trinajstić information content (AvgIpc) is 3.38. The van der Waals surface area contributed by atoms with E-state index in [0.717, 1.165) is 37.1 Å². The minimum atomic E-state index is -4.71. The molecule has 5 rings (SSSR count). The number of likely N-dealkylation sites (N-methyl/N-ethyl adjacent to an activating group) is 1. The number of benzene rings is 3. The smallest absolute Gasteiger partial charge is 0.342 e. The molecule has 2 aliphatic rings. The van der Waals surface area contributed by atoms with Crippen molar-refractivity contribution in [3.05, 3.63) is 81.6 Å². The largest absolute Gasteiger partial charge is 0.416 e. The lowest BCUT2D eigenvalue weighted by molar-refractivity contribution is -0.137. The molecule has 1 fully saturated rings. The number of fused-ring (bicyclic) bond motifs is 1. The summed E-state index contributed by atoms with van der Waals surface area (Å²) in [5, 5.41) is 3.90. The third-order valence-electron chi connectivity index (χ3n) is 7.40. The van der Waals surface area contributed by atoms with Gasteiger partial charge in [0, 0.05) is 35.9 Å². The number of anilines is 1. The number of hydrogen-bond acceptors (Lipinski definition) is 4. The van der Waals surface area contributed by atoms with Crippen molar-refractivity contribution < 1.29 is 22.4 Å². The van der Waals surface area contributed by atoms with Gasteiger partial charge in [-0.05, 0) is 104 Å². The number of amides is 1. The van der Waals surface area contributed by atoms with Crippen LogP contribution in [0.25, 0.3) is 11.1 Å². The molecular formula is C30H29ClF4N4O. The molecule has 0 aliphatic carbocycles. The standard InChI is InChI=1S/C30H29ClF4N4O/c1-17-7-21(31)13-24(8-17)39-16-37-27-9-18(2)25(19-10-20(30(33,34)35)12-22(32)11-19)14-26(27)28(39)29(40)38(3)15-23-5-4-6-36-23/h7-14,16,23,28,36H,4-6,15H2,1-3H3/t23-,28?/m0/s1. The lowest BCUT2D eigenvalue weighted by atomic mass is 9.91. The first-order valence-electron chi connectivity index (χ1n) is 13.0. The summed E-state index contributed by atoms with van der Waals surface area (Å²) in [4.78, 5) is 22.1. The number of hydrogen-bond donors (Lipinski definition) is 1. The zero-order chi connectivity index (χ0) is 28.8. The summed E-state index contributed by atoms with van der Waals surface area (Å²) >= 11 is 6.36. The molecule has 3 aromatic carbocycles. The van der Waals surface area contributed by atoms with E-state index in [2.05, 4.69) is 10.3 Å².